The summed E-state index contributed by atoms with van der Waals surface area (Å²) in [5.41, 5.74) is 0. The number of hydrogen-bond donors (Lipinski definition) is 1. The maximum absolute atomic E-state index is 10.7. The summed E-state index contributed by atoms with van der Waals surface area (Å²) in [6, 6.07) is 2.14. The van der Waals surface area contributed by atoms with Gasteiger partial charge >= 0.3 is 0 Å². The first-order valence-electron chi connectivity index (χ1n) is 5.51. The number of carbonyl (C=O) groups is 1. The molecular weight excluding hydrogens is 212 g/mol. The van der Waals surface area contributed by atoms with Crippen LogP contribution in [0.3, 0.4) is 0 Å². The lowest BCUT2D eigenvalue weighted by atomic mass is 10.1. The predicted octanol–water partition coefficient (Wildman–Crippen LogP) is 2.60. The summed E-state index contributed by atoms with van der Waals surface area (Å²) in [6.45, 7) is 0.726. The smallest absolute Gasteiger partial charge is 0.234 e. The molecule has 0 aliphatic carbocycles. The quantitative estimate of drug-likeness (QED) is 0.489. The third-order valence-corrected chi connectivity index (χ3v) is 2.40. The van der Waals surface area contributed by atoms with E-state index in [0.29, 0.717) is 6.42 Å². The molecule has 1 N–H and O–H groups in total. The maximum Gasteiger partial charge on any atom is 0.234 e. The summed E-state index contributed by atoms with van der Waals surface area (Å²) >= 11 is 5.32. The van der Waals surface area contributed by atoms with E-state index in [-0.39, 0.29) is 11.8 Å². The van der Waals surface area contributed by atoms with Gasteiger partial charge in [-0.3, -0.25) is 4.79 Å². The number of alkyl halides is 1. The van der Waals surface area contributed by atoms with Crippen LogP contribution in [0, 0.1) is 11.3 Å². The van der Waals surface area contributed by atoms with E-state index in [2.05, 4.69) is 11.4 Å². The molecule has 0 atom stereocenters. The van der Waals surface area contributed by atoms with E-state index in [1.807, 2.05) is 0 Å². The van der Waals surface area contributed by atoms with Gasteiger partial charge in [0.25, 0.3) is 0 Å². The summed E-state index contributed by atoms with van der Waals surface area (Å²) < 4.78 is 0. The van der Waals surface area contributed by atoms with Crippen molar-refractivity contribution in [3.05, 3.63) is 0 Å². The molecule has 1 amide bonds. The van der Waals surface area contributed by atoms with Crippen LogP contribution >= 0.6 is 11.6 Å². The summed E-state index contributed by atoms with van der Waals surface area (Å²) in [6.07, 6.45) is 7.34. The predicted molar refractivity (Wildman–Crippen MR) is 61.7 cm³/mol. The lowest BCUT2D eigenvalue weighted by Gasteiger charge is -2.02. The third-order valence-electron chi connectivity index (χ3n) is 2.16. The number of unbranched alkanes of at least 4 members (excludes halogenated alkanes) is 6. The van der Waals surface area contributed by atoms with Crippen LogP contribution in [0.1, 0.15) is 44.9 Å². The zero-order valence-corrected chi connectivity index (χ0v) is 9.85. The molecule has 0 aliphatic heterocycles. The Balaban J connectivity index is 2.99. The molecule has 0 radical (unpaired) electrons. The van der Waals surface area contributed by atoms with Crippen LogP contribution in [0.25, 0.3) is 0 Å². The van der Waals surface area contributed by atoms with E-state index >= 15 is 0 Å². The summed E-state index contributed by atoms with van der Waals surface area (Å²) in [5, 5.41) is 11.0. The number of hydrogen-bond acceptors (Lipinski definition) is 2. The van der Waals surface area contributed by atoms with Crippen molar-refractivity contribution in [2.45, 2.75) is 44.9 Å². The van der Waals surface area contributed by atoms with Crippen molar-refractivity contribution < 1.29 is 4.79 Å². The molecule has 0 aromatic carbocycles. The fourth-order valence-corrected chi connectivity index (χ4v) is 1.41. The fraction of sp³-hybridized carbons (Fsp3) is 0.818. The normalized spacial score (nSPS) is 9.60. The Hall–Kier alpha value is -0.750. The summed E-state index contributed by atoms with van der Waals surface area (Å²) in [5.74, 6) is -0.0422. The van der Waals surface area contributed by atoms with E-state index in [9.17, 15) is 4.79 Å². The lowest BCUT2D eigenvalue weighted by molar-refractivity contribution is -0.118. The molecule has 0 fully saturated rings. The molecule has 0 saturated heterocycles. The average molecular weight is 231 g/mol. The van der Waals surface area contributed by atoms with Crippen molar-refractivity contribution in [3.63, 3.8) is 0 Å². The number of amides is 1. The standard InChI is InChI=1S/C11H19ClN2O/c12-10-11(15)14-9-7-5-3-1-2-4-6-8-13/h1-7,9-10H2,(H,14,15). The SMILES string of the molecule is N#CCCCCCCCCNC(=O)CCl. The van der Waals surface area contributed by atoms with E-state index in [0.717, 1.165) is 32.2 Å². The molecule has 0 aromatic rings. The van der Waals surface area contributed by atoms with Crippen LogP contribution < -0.4 is 5.32 Å². The number of nitrogens with zero attached hydrogens (tertiary/aromatic N) is 1. The Labute approximate surface area is 96.8 Å². The molecule has 0 rings (SSSR count). The Bertz CT molecular complexity index is 201. The van der Waals surface area contributed by atoms with Gasteiger partial charge < -0.3 is 5.32 Å². The maximum atomic E-state index is 10.7. The van der Waals surface area contributed by atoms with Gasteiger partial charge in [-0.1, -0.05) is 25.7 Å². The Morgan fingerprint density at radius 1 is 1.13 bits per heavy atom. The molecule has 3 nitrogen and oxygen atoms in total. The number of halogens is 1. The molecule has 15 heavy (non-hydrogen) atoms. The Morgan fingerprint density at radius 3 is 2.33 bits per heavy atom. The van der Waals surface area contributed by atoms with Gasteiger partial charge in [-0.25, -0.2) is 0 Å². The lowest BCUT2D eigenvalue weighted by Crippen LogP contribution is -2.25. The first-order chi connectivity index (χ1) is 7.31. The first kappa shape index (κ1) is 14.2. The first-order valence-corrected chi connectivity index (χ1v) is 6.04. The largest absolute Gasteiger partial charge is 0.355 e. The van der Waals surface area contributed by atoms with Gasteiger partial charge in [0, 0.05) is 13.0 Å². The number of rotatable bonds is 9. The molecule has 0 aliphatic rings. The molecule has 0 heterocycles. The van der Waals surface area contributed by atoms with Crippen molar-refractivity contribution in [1.82, 2.24) is 5.32 Å². The van der Waals surface area contributed by atoms with Gasteiger partial charge in [0.1, 0.15) is 5.88 Å². The third kappa shape index (κ3) is 11.2. The number of nitriles is 1. The minimum atomic E-state index is -0.0920. The van der Waals surface area contributed by atoms with E-state index in [4.69, 9.17) is 16.9 Å². The Morgan fingerprint density at radius 2 is 1.73 bits per heavy atom. The second-order valence-electron chi connectivity index (χ2n) is 3.51. The molecule has 0 spiro atoms. The molecule has 0 aromatic heterocycles. The molecule has 0 unspecified atom stereocenters. The number of nitrogens with one attached hydrogen (secondary N) is 1. The second-order valence-corrected chi connectivity index (χ2v) is 3.78. The van der Waals surface area contributed by atoms with E-state index < -0.39 is 0 Å². The molecule has 0 saturated carbocycles. The highest BCUT2D eigenvalue weighted by Crippen LogP contribution is 2.06. The Kier molecular flexibility index (Phi) is 10.8. The zero-order chi connectivity index (χ0) is 11.4. The van der Waals surface area contributed by atoms with Gasteiger partial charge in [-0.15, -0.1) is 11.6 Å². The van der Waals surface area contributed by atoms with Crippen LogP contribution in [0.15, 0.2) is 0 Å². The van der Waals surface area contributed by atoms with Crippen molar-refractivity contribution in [2.75, 3.05) is 12.4 Å². The highest BCUT2D eigenvalue weighted by molar-refractivity contribution is 6.27. The van der Waals surface area contributed by atoms with Gasteiger partial charge in [0.2, 0.25) is 5.91 Å². The van der Waals surface area contributed by atoms with Gasteiger partial charge in [-0.05, 0) is 12.8 Å². The molecular formula is C11H19ClN2O. The molecule has 86 valence electrons. The highest BCUT2D eigenvalue weighted by atomic mass is 35.5. The second kappa shape index (κ2) is 11.3. The van der Waals surface area contributed by atoms with E-state index in [1.165, 1.54) is 12.8 Å². The van der Waals surface area contributed by atoms with Gasteiger partial charge in [0.05, 0.1) is 6.07 Å². The topological polar surface area (TPSA) is 52.9 Å². The zero-order valence-electron chi connectivity index (χ0n) is 9.10. The fourth-order valence-electron chi connectivity index (χ4n) is 1.31. The van der Waals surface area contributed by atoms with E-state index in [1.54, 1.807) is 0 Å². The van der Waals surface area contributed by atoms with Crippen LogP contribution in [-0.4, -0.2) is 18.3 Å². The molecule has 4 heteroatoms. The number of carbonyl (C=O) groups excluding carboxylic acids is 1. The monoisotopic (exact) mass is 230 g/mol. The van der Waals surface area contributed by atoms with Crippen molar-refractivity contribution in [1.29, 1.82) is 5.26 Å². The minimum absolute atomic E-state index is 0.0498. The van der Waals surface area contributed by atoms with Crippen LogP contribution in [-0.2, 0) is 4.79 Å². The molecule has 0 bridgehead atoms. The van der Waals surface area contributed by atoms with Crippen LogP contribution in [0.5, 0.6) is 0 Å². The van der Waals surface area contributed by atoms with Crippen LogP contribution in [0.2, 0.25) is 0 Å². The van der Waals surface area contributed by atoms with Gasteiger partial charge in [0.15, 0.2) is 0 Å². The minimum Gasteiger partial charge on any atom is -0.355 e. The highest BCUT2D eigenvalue weighted by Gasteiger charge is 1.96. The van der Waals surface area contributed by atoms with Crippen molar-refractivity contribution in [2.24, 2.45) is 0 Å². The van der Waals surface area contributed by atoms with Gasteiger partial charge in [-0.2, -0.15) is 5.26 Å². The van der Waals surface area contributed by atoms with Crippen molar-refractivity contribution >= 4 is 17.5 Å². The summed E-state index contributed by atoms with van der Waals surface area (Å²) in [7, 11) is 0. The summed E-state index contributed by atoms with van der Waals surface area (Å²) in [4.78, 5) is 10.7. The van der Waals surface area contributed by atoms with Crippen LogP contribution in [0.4, 0.5) is 0 Å². The average Bonchev–Trinajstić information content (AvgIpc) is 2.26. The van der Waals surface area contributed by atoms with Crippen molar-refractivity contribution in [3.8, 4) is 6.07 Å².